The summed E-state index contributed by atoms with van der Waals surface area (Å²) in [5, 5.41) is 1.70. The molecule has 0 saturated heterocycles. The Bertz CT molecular complexity index is 315. The maximum absolute atomic E-state index is 10.8. The molecule has 0 aliphatic carbocycles. The zero-order chi connectivity index (χ0) is 8.97. The Morgan fingerprint density at radius 2 is 2.00 bits per heavy atom. The molecule has 0 aliphatic heterocycles. The van der Waals surface area contributed by atoms with Gasteiger partial charge in [-0.1, -0.05) is 24.3 Å². The van der Waals surface area contributed by atoms with E-state index in [0.717, 1.165) is 5.56 Å². The van der Waals surface area contributed by atoms with E-state index in [9.17, 15) is 4.21 Å². The van der Waals surface area contributed by atoms with Crippen LogP contribution >= 0.6 is 0 Å². The second kappa shape index (κ2) is 4.21. The van der Waals surface area contributed by atoms with Crippen molar-refractivity contribution in [2.75, 3.05) is 6.26 Å². The van der Waals surface area contributed by atoms with E-state index in [1.165, 1.54) is 5.56 Å². The predicted octanol–water partition coefficient (Wildman–Crippen LogP) is 2.34. The SMILES string of the molecule is Cc1ccccc1/C=C\S(C)=O. The summed E-state index contributed by atoms with van der Waals surface area (Å²) in [6, 6.07) is 8.03. The summed E-state index contributed by atoms with van der Waals surface area (Å²) >= 11 is 0. The van der Waals surface area contributed by atoms with Gasteiger partial charge in [-0.3, -0.25) is 4.21 Å². The molecule has 0 fully saturated rings. The maximum Gasteiger partial charge on any atom is 0.0424 e. The standard InChI is InChI=1S/C10H12OS/c1-9-5-3-4-6-10(9)7-8-12(2)11/h3-8H,1-2H3/b8-7-. The Hall–Kier alpha value is -0.890. The molecule has 0 aromatic heterocycles. The average Bonchev–Trinajstić information content (AvgIpc) is 2.03. The van der Waals surface area contributed by atoms with Crippen LogP contribution in [0.25, 0.3) is 6.08 Å². The van der Waals surface area contributed by atoms with Crippen LogP contribution in [0, 0.1) is 6.92 Å². The lowest BCUT2D eigenvalue weighted by Crippen LogP contribution is -1.80. The van der Waals surface area contributed by atoms with Crippen molar-refractivity contribution in [3.63, 3.8) is 0 Å². The molecule has 0 amide bonds. The number of rotatable bonds is 2. The highest BCUT2D eigenvalue weighted by atomic mass is 32.2. The van der Waals surface area contributed by atoms with E-state index in [4.69, 9.17) is 0 Å². The van der Waals surface area contributed by atoms with Crippen LogP contribution in [0.5, 0.6) is 0 Å². The quantitative estimate of drug-likeness (QED) is 0.682. The summed E-state index contributed by atoms with van der Waals surface area (Å²) in [7, 11) is -0.855. The minimum absolute atomic E-state index is 0.855. The molecule has 1 rings (SSSR count). The van der Waals surface area contributed by atoms with Crippen LogP contribution in [0.15, 0.2) is 29.7 Å². The molecule has 64 valence electrons. The first-order chi connectivity index (χ1) is 5.70. The van der Waals surface area contributed by atoms with Crippen molar-refractivity contribution in [1.29, 1.82) is 0 Å². The highest BCUT2D eigenvalue weighted by molar-refractivity contribution is 7.87. The fourth-order valence-corrected chi connectivity index (χ4v) is 1.28. The Morgan fingerprint density at radius 1 is 1.33 bits per heavy atom. The normalized spacial score (nSPS) is 13.5. The van der Waals surface area contributed by atoms with E-state index < -0.39 is 10.8 Å². The lowest BCUT2D eigenvalue weighted by molar-refractivity contribution is 0.692. The van der Waals surface area contributed by atoms with Gasteiger partial charge in [-0.2, -0.15) is 0 Å². The van der Waals surface area contributed by atoms with Crippen molar-refractivity contribution in [2.24, 2.45) is 0 Å². The van der Waals surface area contributed by atoms with Crippen LogP contribution in [0.2, 0.25) is 0 Å². The van der Waals surface area contributed by atoms with Crippen molar-refractivity contribution in [3.8, 4) is 0 Å². The van der Waals surface area contributed by atoms with Crippen molar-refractivity contribution in [3.05, 3.63) is 40.8 Å². The molecule has 0 N–H and O–H groups in total. The first kappa shape index (κ1) is 9.20. The average molecular weight is 180 g/mol. The molecule has 0 bridgehead atoms. The van der Waals surface area contributed by atoms with Gasteiger partial charge in [-0.05, 0) is 24.1 Å². The Balaban J connectivity index is 2.89. The highest BCUT2D eigenvalue weighted by Gasteiger charge is 1.90. The van der Waals surface area contributed by atoms with Gasteiger partial charge in [0, 0.05) is 22.5 Å². The smallest absolute Gasteiger partial charge is 0.0424 e. The van der Waals surface area contributed by atoms with Gasteiger partial charge in [0.15, 0.2) is 0 Å². The van der Waals surface area contributed by atoms with Crippen LogP contribution in [0.3, 0.4) is 0 Å². The molecule has 0 spiro atoms. The lowest BCUT2D eigenvalue weighted by Gasteiger charge is -1.96. The fraction of sp³-hybridized carbons (Fsp3) is 0.200. The number of aryl methyl sites for hydroxylation is 1. The third kappa shape index (κ3) is 2.62. The third-order valence-electron chi connectivity index (χ3n) is 1.63. The molecular formula is C10H12OS. The molecule has 1 aromatic carbocycles. The summed E-state index contributed by atoms with van der Waals surface area (Å²) in [6.45, 7) is 2.04. The van der Waals surface area contributed by atoms with E-state index in [0.29, 0.717) is 0 Å². The van der Waals surface area contributed by atoms with Gasteiger partial charge < -0.3 is 0 Å². The predicted molar refractivity (Wildman–Crippen MR) is 54.3 cm³/mol. The van der Waals surface area contributed by atoms with Crippen molar-refractivity contribution in [1.82, 2.24) is 0 Å². The van der Waals surface area contributed by atoms with Crippen molar-refractivity contribution >= 4 is 16.9 Å². The molecule has 0 aliphatic rings. The third-order valence-corrected chi connectivity index (χ3v) is 2.15. The van der Waals surface area contributed by atoms with Crippen LogP contribution in [-0.2, 0) is 10.8 Å². The lowest BCUT2D eigenvalue weighted by atomic mass is 10.1. The molecular weight excluding hydrogens is 168 g/mol. The molecule has 2 heteroatoms. The van der Waals surface area contributed by atoms with Gasteiger partial charge >= 0.3 is 0 Å². The van der Waals surface area contributed by atoms with Gasteiger partial charge in [-0.15, -0.1) is 0 Å². The van der Waals surface area contributed by atoms with Crippen LogP contribution in [-0.4, -0.2) is 10.5 Å². The zero-order valence-corrected chi connectivity index (χ0v) is 8.10. The van der Waals surface area contributed by atoms with Crippen LogP contribution in [0.4, 0.5) is 0 Å². The van der Waals surface area contributed by atoms with E-state index in [-0.39, 0.29) is 0 Å². The molecule has 1 aromatic rings. The molecule has 1 unspecified atom stereocenters. The maximum atomic E-state index is 10.8. The van der Waals surface area contributed by atoms with Gasteiger partial charge in [-0.25, -0.2) is 0 Å². The molecule has 0 saturated carbocycles. The van der Waals surface area contributed by atoms with Gasteiger partial charge in [0.25, 0.3) is 0 Å². The van der Waals surface area contributed by atoms with Crippen molar-refractivity contribution in [2.45, 2.75) is 6.92 Å². The fourth-order valence-electron chi connectivity index (χ4n) is 0.943. The second-order valence-corrected chi connectivity index (χ2v) is 3.93. The number of benzene rings is 1. The van der Waals surface area contributed by atoms with E-state index >= 15 is 0 Å². The van der Waals surface area contributed by atoms with Crippen molar-refractivity contribution < 1.29 is 4.21 Å². The largest absolute Gasteiger partial charge is 0.255 e. The summed E-state index contributed by atoms with van der Waals surface area (Å²) in [6.07, 6.45) is 3.56. The Labute approximate surface area is 75.6 Å². The first-order valence-corrected chi connectivity index (χ1v) is 5.38. The van der Waals surface area contributed by atoms with E-state index in [1.807, 2.05) is 37.3 Å². The van der Waals surface area contributed by atoms with Crippen LogP contribution < -0.4 is 0 Å². The van der Waals surface area contributed by atoms with E-state index in [1.54, 1.807) is 11.7 Å². The summed E-state index contributed by atoms with van der Waals surface area (Å²) in [5.41, 5.74) is 2.34. The number of hydrogen-bond acceptors (Lipinski definition) is 1. The van der Waals surface area contributed by atoms with Gasteiger partial charge in [0.1, 0.15) is 0 Å². The first-order valence-electron chi connectivity index (χ1n) is 3.76. The monoisotopic (exact) mass is 180 g/mol. The van der Waals surface area contributed by atoms with Crippen LogP contribution in [0.1, 0.15) is 11.1 Å². The number of hydrogen-bond donors (Lipinski definition) is 0. The second-order valence-electron chi connectivity index (χ2n) is 2.66. The molecule has 1 nitrogen and oxygen atoms in total. The summed E-state index contributed by atoms with van der Waals surface area (Å²) in [5.74, 6) is 0. The molecule has 0 heterocycles. The zero-order valence-electron chi connectivity index (χ0n) is 7.28. The molecule has 0 radical (unpaired) electrons. The Kier molecular flexibility index (Phi) is 3.23. The topological polar surface area (TPSA) is 17.1 Å². The summed E-state index contributed by atoms with van der Waals surface area (Å²) in [4.78, 5) is 0. The van der Waals surface area contributed by atoms with Gasteiger partial charge in [0.05, 0.1) is 0 Å². The van der Waals surface area contributed by atoms with Gasteiger partial charge in [0.2, 0.25) is 0 Å². The Morgan fingerprint density at radius 3 is 2.58 bits per heavy atom. The molecule has 1 atom stereocenters. The minimum Gasteiger partial charge on any atom is -0.255 e. The molecule has 12 heavy (non-hydrogen) atoms. The minimum atomic E-state index is -0.855. The highest BCUT2D eigenvalue weighted by Crippen LogP contribution is 2.08. The summed E-state index contributed by atoms with van der Waals surface area (Å²) < 4.78 is 10.8. The van der Waals surface area contributed by atoms with E-state index in [2.05, 4.69) is 0 Å².